The Hall–Kier alpha value is -2.64. The summed E-state index contributed by atoms with van der Waals surface area (Å²) >= 11 is 1.55. The number of fused-ring (bicyclic) bond motifs is 2. The molecule has 28 heavy (non-hydrogen) atoms. The largest absolute Gasteiger partial charge is 0.335 e. The van der Waals surface area contributed by atoms with Crippen molar-refractivity contribution in [1.29, 1.82) is 0 Å². The SMILES string of the molecule is O=C(NS(=O)(=O)c1ccc2ccccc2c1)c1cc2sccc2n1CC1CC1. The van der Waals surface area contributed by atoms with E-state index in [-0.39, 0.29) is 4.90 Å². The number of hydrogen-bond acceptors (Lipinski definition) is 4. The summed E-state index contributed by atoms with van der Waals surface area (Å²) in [6, 6.07) is 16.2. The molecule has 142 valence electrons. The molecule has 1 saturated carbocycles. The predicted octanol–water partition coefficient (Wildman–Crippen LogP) is 4.38. The number of nitrogens with zero attached hydrogens (tertiary/aromatic N) is 1. The third-order valence-electron chi connectivity index (χ3n) is 5.15. The summed E-state index contributed by atoms with van der Waals surface area (Å²) in [6.07, 6.45) is 2.31. The molecular weight excluding hydrogens is 392 g/mol. The van der Waals surface area contributed by atoms with Crippen molar-refractivity contribution in [2.45, 2.75) is 24.3 Å². The Bertz CT molecular complexity index is 1310. The van der Waals surface area contributed by atoms with Gasteiger partial charge in [-0.1, -0.05) is 30.3 Å². The van der Waals surface area contributed by atoms with E-state index >= 15 is 0 Å². The summed E-state index contributed by atoms with van der Waals surface area (Å²) in [5, 5.41) is 3.75. The number of amides is 1. The fourth-order valence-electron chi connectivity index (χ4n) is 3.49. The van der Waals surface area contributed by atoms with Gasteiger partial charge >= 0.3 is 0 Å². The first-order valence-corrected chi connectivity index (χ1v) is 11.5. The monoisotopic (exact) mass is 410 g/mol. The zero-order valence-corrected chi connectivity index (χ0v) is 16.6. The van der Waals surface area contributed by atoms with Gasteiger partial charge in [0, 0.05) is 6.54 Å². The molecule has 0 bridgehead atoms. The van der Waals surface area contributed by atoms with E-state index < -0.39 is 15.9 Å². The summed E-state index contributed by atoms with van der Waals surface area (Å²) in [4.78, 5) is 13.0. The number of benzene rings is 2. The van der Waals surface area contributed by atoms with Crippen LogP contribution in [-0.2, 0) is 16.6 Å². The van der Waals surface area contributed by atoms with E-state index in [0.717, 1.165) is 40.4 Å². The van der Waals surface area contributed by atoms with Gasteiger partial charge in [0.1, 0.15) is 5.69 Å². The molecule has 0 aliphatic heterocycles. The van der Waals surface area contributed by atoms with Crippen LogP contribution in [0, 0.1) is 5.92 Å². The second-order valence-electron chi connectivity index (χ2n) is 7.20. The van der Waals surface area contributed by atoms with Crippen molar-refractivity contribution in [3.63, 3.8) is 0 Å². The number of thiophene rings is 1. The van der Waals surface area contributed by atoms with E-state index in [4.69, 9.17) is 0 Å². The van der Waals surface area contributed by atoms with Crippen molar-refractivity contribution in [3.05, 3.63) is 65.7 Å². The molecule has 0 saturated heterocycles. The van der Waals surface area contributed by atoms with Gasteiger partial charge in [0.25, 0.3) is 15.9 Å². The number of sulfonamides is 1. The van der Waals surface area contributed by atoms with E-state index in [9.17, 15) is 13.2 Å². The molecule has 0 spiro atoms. The average molecular weight is 411 g/mol. The van der Waals surface area contributed by atoms with E-state index in [2.05, 4.69) is 4.72 Å². The molecule has 5 rings (SSSR count). The van der Waals surface area contributed by atoms with Crippen LogP contribution in [0.1, 0.15) is 23.3 Å². The number of carbonyl (C=O) groups is 1. The van der Waals surface area contributed by atoms with Crippen LogP contribution in [0.5, 0.6) is 0 Å². The first kappa shape index (κ1) is 17.5. The van der Waals surface area contributed by atoms with Gasteiger partial charge in [-0.3, -0.25) is 4.79 Å². The lowest BCUT2D eigenvalue weighted by Crippen LogP contribution is -2.32. The highest BCUT2D eigenvalue weighted by molar-refractivity contribution is 7.90. The minimum Gasteiger partial charge on any atom is -0.335 e. The number of carbonyl (C=O) groups excluding carboxylic acids is 1. The molecule has 1 fully saturated rings. The Labute approximate surface area is 166 Å². The maximum Gasteiger partial charge on any atom is 0.281 e. The van der Waals surface area contributed by atoms with Gasteiger partial charge in [0.15, 0.2) is 0 Å². The third-order valence-corrected chi connectivity index (χ3v) is 7.33. The summed E-state index contributed by atoms with van der Waals surface area (Å²) in [5.74, 6) is -0.0173. The van der Waals surface area contributed by atoms with E-state index in [1.54, 1.807) is 29.5 Å². The second kappa shape index (κ2) is 6.46. The molecule has 4 aromatic rings. The van der Waals surface area contributed by atoms with E-state index in [1.165, 1.54) is 6.07 Å². The van der Waals surface area contributed by atoms with Gasteiger partial charge in [-0.25, -0.2) is 13.1 Å². The molecule has 0 atom stereocenters. The van der Waals surface area contributed by atoms with Crippen molar-refractivity contribution >= 4 is 48.3 Å². The van der Waals surface area contributed by atoms with Crippen LogP contribution in [0.3, 0.4) is 0 Å². The first-order valence-electron chi connectivity index (χ1n) is 9.14. The number of aromatic nitrogens is 1. The minimum absolute atomic E-state index is 0.0849. The predicted molar refractivity (Wildman–Crippen MR) is 111 cm³/mol. The molecule has 2 aromatic heterocycles. The molecule has 7 heteroatoms. The maximum absolute atomic E-state index is 12.9. The Balaban J connectivity index is 1.48. The fraction of sp³-hybridized carbons (Fsp3) is 0.190. The Kier molecular flexibility index (Phi) is 4.03. The smallest absolute Gasteiger partial charge is 0.281 e. The Morgan fingerprint density at radius 3 is 2.64 bits per heavy atom. The second-order valence-corrected chi connectivity index (χ2v) is 9.83. The van der Waals surface area contributed by atoms with Gasteiger partial charge in [-0.2, -0.15) is 0 Å². The normalized spacial score (nSPS) is 14.6. The third kappa shape index (κ3) is 3.10. The summed E-state index contributed by atoms with van der Waals surface area (Å²) in [5.41, 5.74) is 1.39. The van der Waals surface area contributed by atoms with Crippen LogP contribution in [0.2, 0.25) is 0 Å². The molecular formula is C21H18N2O3S2. The summed E-state index contributed by atoms with van der Waals surface area (Å²) < 4.78 is 30.8. The molecule has 1 N–H and O–H groups in total. The summed E-state index contributed by atoms with van der Waals surface area (Å²) in [7, 11) is -3.96. The lowest BCUT2D eigenvalue weighted by molar-refractivity contribution is 0.0972. The molecule has 0 unspecified atom stereocenters. The van der Waals surface area contributed by atoms with Crippen molar-refractivity contribution in [1.82, 2.24) is 9.29 Å². The van der Waals surface area contributed by atoms with Crippen molar-refractivity contribution in [2.24, 2.45) is 5.92 Å². The van der Waals surface area contributed by atoms with Crippen LogP contribution >= 0.6 is 11.3 Å². The van der Waals surface area contributed by atoms with Gasteiger partial charge in [-0.15, -0.1) is 11.3 Å². The van der Waals surface area contributed by atoms with Crippen molar-refractivity contribution in [3.8, 4) is 0 Å². The number of rotatable bonds is 5. The topological polar surface area (TPSA) is 68.2 Å². The molecule has 1 amide bonds. The standard InChI is InChI=1S/C21H18N2O3S2/c24-21(19-12-20-18(9-10-27-20)23(19)13-14-5-6-14)22-28(25,26)17-8-7-15-3-1-2-4-16(15)11-17/h1-4,7-12,14H,5-6,13H2,(H,22,24). The zero-order chi connectivity index (χ0) is 19.3. The van der Waals surface area contributed by atoms with Crippen LogP contribution < -0.4 is 4.72 Å². The lowest BCUT2D eigenvalue weighted by atomic mass is 10.1. The fourth-order valence-corrected chi connectivity index (χ4v) is 5.31. The number of hydrogen-bond donors (Lipinski definition) is 1. The molecule has 1 aliphatic carbocycles. The number of nitrogens with one attached hydrogen (secondary N) is 1. The quantitative estimate of drug-likeness (QED) is 0.531. The molecule has 2 heterocycles. The first-order chi connectivity index (χ1) is 13.5. The highest BCUT2D eigenvalue weighted by Gasteiger charge is 2.27. The minimum atomic E-state index is -3.96. The van der Waals surface area contributed by atoms with E-state index in [0.29, 0.717) is 11.6 Å². The highest BCUT2D eigenvalue weighted by atomic mass is 32.2. The lowest BCUT2D eigenvalue weighted by Gasteiger charge is -2.11. The molecule has 2 aromatic carbocycles. The van der Waals surface area contributed by atoms with Gasteiger partial charge < -0.3 is 4.57 Å². The average Bonchev–Trinajstić information content (AvgIpc) is 3.27. The van der Waals surface area contributed by atoms with E-state index in [1.807, 2.05) is 40.3 Å². The van der Waals surface area contributed by atoms with Crippen molar-refractivity contribution < 1.29 is 13.2 Å². The molecule has 5 nitrogen and oxygen atoms in total. The van der Waals surface area contributed by atoms with Gasteiger partial charge in [0.2, 0.25) is 0 Å². The molecule has 0 radical (unpaired) electrons. The molecule has 1 aliphatic rings. The highest BCUT2D eigenvalue weighted by Crippen LogP contribution is 2.34. The van der Waals surface area contributed by atoms with Crippen LogP contribution in [0.4, 0.5) is 0 Å². The van der Waals surface area contributed by atoms with Gasteiger partial charge in [0.05, 0.1) is 15.1 Å². The zero-order valence-electron chi connectivity index (χ0n) is 15.0. The Morgan fingerprint density at radius 2 is 1.86 bits per heavy atom. The van der Waals surface area contributed by atoms with Crippen LogP contribution in [-0.4, -0.2) is 18.9 Å². The Morgan fingerprint density at radius 1 is 1.07 bits per heavy atom. The van der Waals surface area contributed by atoms with Crippen LogP contribution in [0.15, 0.2) is 64.9 Å². The maximum atomic E-state index is 12.9. The van der Waals surface area contributed by atoms with Crippen molar-refractivity contribution in [2.75, 3.05) is 0 Å². The summed E-state index contributed by atoms with van der Waals surface area (Å²) in [6.45, 7) is 0.749. The van der Waals surface area contributed by atoms with Gasteiger partial charge in [-0.05, 0) is 59.2 Å². The van der Waals surface area contributed by atoms with Crippen LogP contribution in [0.25, 0.3) is 21.0 Å².